The van der Waals surface area contributed by atoms with Gasteiger partial charge >= 0.3 is 6.18 Å². The van der Waals surface area contributed by atoms with Crippen molar-refractivity contribution >= 4 is 5.69 Å². The molecule has 2 atom stereocenters. The van der Waals surface area contributed by atoms with E-state index in [0.29, 0.717) is 5.92 Å². The van der Waals surface area contributed by atoms with Crippen LogP contribution in [0.25, 0.3) is 0 Å². The Kier molecular flexibility index (Phi) is 4.55. The molecule has 0 spiro atoms. The van der Waals surface area contributed by atoms with Gasteiger partial charge in [0.25, 0.3) is 0 Å². The molecule has 2 unspecified atom stereocenters. The Morgan fingerprint density at radius 1 is 1.20 bits per heavy atom. The van der Waals surface area contributed by atoms with Gasteiger partial charge in [-0.3, -0.25) is 0 Å². The standard InChI is InChI=1S/C15H19F4N/c1-2-10-5-3-4-6-13(10)20-14-9-11(15(17,18)19)7-8-12(14)16/h7-10,13,20H,2-6H2,1H3. The van der Waals surface area contributed by atoms with Gasteiger partial charge in [-0.15, -0.1) is 0 Å². The van der Waals surface area contributed by atoms with Gasteiger partial charge in [0.1, 0.15) is 5.82 Å². The van der Waals surface area contributed by atoms with Crippen LogP contribution in [0.2, 0.25) is 0 Å². The van der Waals surface area contributed by atoms with Crippen molar-refractivity contribution in [1.29, 1.82) is 0 Å². The number of rotatable bonds is 3. The molecule has 0 radical (unpaired) electrons. The number of halogens is 4. The zero-order chi connectivity index (χ0) is 14.8. The Balaban J connectivity index is 2.19. The molecule has 1 aliphatic carbocycles. The summed E-state index contributed by atoms with van der Waals surface area (Å²) in [5.74, 6) is -0.226. The molecule has 1 aromatic carbocycles. The summed E-state index contributed by atoms with van der Waals surface area (Å²) >= 11 is 0. The van der Waals surface area contributed by atoms with Crippen LogP contribution in [0.5, 0.6) is 0 Å². The summed E-state index contributed by atoms with van der Waals surface area (Å²) in [6, 6.07) is 2.59. The van der Waals surface area contributed by atoms with Gasteiger partial charge in [-0.05, 0) is 37.0 Å². The van der Waals surface area contributed by atoms with Crippen molar-refractivity contribution in [2.24, 2.45) is 5.92 Å². The van der Waals surface area contributed by atoms with E-state index < -0.39 is 17.6 Å². The Morgan fingerprint density at radius 2 is 1.90 bits per heavy atom. The smallest absolute Gasteiger partial charge is 0.380 e. The minimum Gasteiger partial charge on any atom is -0.380 e. The SMILES string of the molecule is CCC1CCCCC1Nc1cc(C(F)(F)F)ccc1F. The zero-order valence-electron chi connectivity index (χ0n) is 11.4. The van der Waals surface area contributed by atoms with E-state index in [4.69, 9.17) is 0 Å². The van der Waals surface area contributed by atoms with Crippen LogP contribution >= 0.6 is 0 Å². The molecule has 1 nitrogen and oxygen atoms in total. The van der Waals surface area contributed by atoms with Crippen LogP contribution in [-0.2, 0) is 6.18 Å². The molecule has 0 saturated heterocycles. The summed E-state index contributed by atoms with van der Waals surface area (Å²) in [4.78, 5) is 0. The highest BCUT2D eigenvalue weighted by Gasteiger charge is 2.32. The van der Waals surface area contributed by atoms with E-state index in [-0.39, 0.29) is 11.7 Å². The molecule has 0 heterocycles. The van der Waals surface area contributed by atoms with Crippen molar-refractivity contribution in [3.05, 3.63) is 29.6 Å². The number of alkyl halides is 3. The maximum Gasteiger partial charge on any atom is 0.416 e. The third kappa shape index (κ3) is 3.44. The van der Waals surface area contributed by atoms with Crippen LogP contribution < -0.4 is 5.32 Å². The fourth-order valence-electron chi connectivity index (χ4n) is 2.90. The lowest BCUT2D eigenvalue weighted by atomic mass is 9.83. The van der Waals surface area contributed by atoms with Gasteiger partial charge in [-0.25, -0.2) is 4.39 Å². The molecule has 20 heavy (non-hydrogen) atoms. The molecule has 0 amide bonds. The van der Waals surface area contributed by atoms with Crippen LogP contribution in [0.15, 0.2) is 18.2 Å². The highest BCUT2D eigenvalue weighted by atomic mass is 19.4. The molecule has 0 aliphatic heterocycles. The summed E-state index contributed by atoms with van der Waals surface area (Å²) in [7, 11) is 0. The van der Waals surface area contributed by atoms with Gasteiger partial charge < -0.3 is 5.32 Å². The number of benzene rings is 1. The van der Waals surface area contributed by atoms with Crippen molar-refractivity contribution in [1.82, 2.24) is 0 Å². The molecular weight excluding hydrogens is 270 g/mol. The molecule has 5 heteroatoms. The lowest BCUT2D eigenvalue weighted by Crippen LogP contribution is -2.32. The number of anilines is 1. The molecular formula is C15H19F4N. The molecule has 1 aliphatic rings. The number of hydrogen-bond donors (Lipinski definition) is 1. The summed E-state index contributed by atoms with van der Waals surface area (Å²) < 4.78 is 51.7. The lowest BCUT2D eigenvalue weighted by molar-refractivity contribution is -0.137. The van der Waals surface area contributed by atoms with E-state index in [1.54, 1.807) is 0 Å². The largest absolute Gasteiger partial charge is 0.416 e. The normalized spacial score (nSPS) is 23.6. The summed E-state index contributed by atoms with van der Waals surface area (Å²) in [6.45, 7) is 2.06. The van der Waals surface area contributed by atoms with Crippen molar-refractivity contribution in [2.75, 3.05) is 5.32 Å². The summed E-state index contributed by atoms with van der Waals surface area (Å²) in [5, 5.41) is 2.99. The third-order valence-electron chi connectivity index (χ3n) is 4.07. The second-order valence-electron chi connectivity index (χ2n) is 5.40. The Hall–Kier alpha value is -1.26. The van der Waals surface area contributed by atoms with Gasteiger partial charge in [-0.1, -0.05) is 26.2 Å². The first-order valence-corrected chi connectivity index (χ1v) is 7.05. The molecule has 2 rings (SSSR count). The molecule has 1 N–H and O–H groups in total. The van der Waals surface area contributed by atoms with Crippen LogP contribution in [0.3, 0.4) is 0 Å². The predicted molar refractivity (Wildman–Crippen MR) is 71.1 cm³/mol. The van der Waals surface area contributed by atoms with Crippen molar-refractivity contribution in [3.63, 3.8) is 0 Å². The first-order chi connectivity index (χ1) is 9.41. The molecule has 0 bridgehead atoms. The Bertz CT molecular complexity index is 456. The number of hydrogen-bond acceptors (Lipinski definition) is 1. The molecule has 1 aromatic rings. The molecule has 112 valence electrons. The Labute approximate surface area is 116 Å². The van der Waals surface area contributed by atoms with Crippen LogP contribution in [0.1, 0.15) is 44.6 Å². The lowest BCUT2D eigenvalue weighted by Gasteiger charge is -2.32. The van der Waals surface area contributed by atoms with Crippen LogP contribution in [-0.4, -0.2) is 6.04 Å². The maximum atomic E-state index is 13.7. The molecule has 1 saturated carbocycles. The summed E-state index contributed by atoms with van der Waals surface area (Å²) in [5.41, 5.74) is -0.851. The van der Waals surface area contributed by atoms with Gasteiger partial charge in [-0.2, -0.15) is 13.2 Å². The monoisotopic (exact) mass is 289 g/mol. The fourth-order valence-corrected chi connectivity index (χ4v) is 2.90. The minimum absolute atomic E-state index is 0.0369. The molecule has 1 fully saturated rings. The third-order valence-corrected chi connectivity index (χ3v) is 4.07. The maximum absolute atomic E-state index is 13.7. The van der Waals surface area contributed by atoms with Gasteiger partial charge in [0, 0.05) is 6.04 Å². The van der Waals surface area contributed by atoms with E-state index >= 15 is 0 Å². The fraction of sp³-hybridized carbons (Fsp3) is 0.600. The van der Waals surface area contributed by atoms with Gasteiger partial charge in [0.05, 0.1) is 11.3 Å². The zero-order valence-corrected chi connectivity index (χ0v) is 11.4. The topological polar surface area (TPSA) is 12.0 Å². The predicted octanol–water partition coefficient (Wildman–Crippen LogP) is 5.23. The molecule has 0 aromatic heterocycles. The van der Waals surface area contributed by atoms with Crippen molar-refractivity contribution in [2.45, 2.75) is 51.2 Å². The first-order valence-electron chi connectivity index (χ1n) is 7.05. The second-order valence-corrected chi connectivity index (χ2v) is 5.40. The van der Waals surface area contributed by atoms with Crippen LogP contribution in [0, 0.1) is 11.7 Å². The van der Waals surface area contributed by atoms with E-state index in [2.05, 4.69) is 12.2 Å². The first kappa shape index (κ1) is 15.1. The average molecular weight is 289 g/mol. The van der Waals surface area contributed by atoms with Crippen LogP contribution in [0.4, 0.5) is 23.2 Å². The Morgan fingerprint density at radius 3 is 2.55 bits per heavy atom. The quantitative estimate of drug-likeness (QED) is 0.752. The minimum atomic E-state index is -4.44. The van der Waals surface area contributed by atoms with Crippen molar-refractivity contribution in [3.8, 4) is 0 Å². The highest BCUT2D eigenvalue weighted by Crippen LogP contribution is 2.34. The van der Waals surface area contributed by atoms with E-state index in [9.17, 15) is 17.6 Å². The van der Waals surface area contributed by atoms with Gasteiger partial charge in [0.15, 0.2) is 0 Å². The van der Waals surface area contributed by atoms with Crippen molar-refractivity contribution < 1.29 is 17.6 Å². The van der Waals surface area contributed by atoms with Gasteiger partial charge in [0.2, 0.25) is 0 Å². The summed E-state index contributed by atoms with van der Waals surface area (Å²) in [6.07, 6.45) is 0.624. The highest BCUT2D eigenvalue weighted by molar-refractivity contribution is 5.49. The second kappa shape index (κ2) is 6.02. The van der Waals surface area contributed by atoms with E-state index in [1.165, 1.54) is 0 Å². The van der Waals surface area contributed by atoms with E-state index in [1.807, 2.05) is 0 Å². The average Bonchev–Trinajstić information content (AvgIpc) is 2.40. The number of nitrogens with one attached hydrogen (secondary N) is 1. The van der Waals surface area contributed by atoms with E-state index in [0.717, 1.165) is 50.3 Å².